The first kappa shape index (κ1) is 28.7. The monoisotopic (exact) mass is 597 g/mol. The number of fused-ring (bicyclic) bond motifs is 2. The van der Waals surface area contributed by atoms with E-state index in [4.69, 9.17) is 14.2 Å². The molecule has 1 N–H and O–H groups in total. The summed E-state index contributed by atoms with van der Waals surface area (Å²) in [5, 5.41) is 5.19. The maximum absolute atomic E-state index is 12.2. The predicted octanol–water partition coefficient (Wildman–Crippen LogP) is 6.36. The van der Waals surface area contributed by atoms with Crippen molar-refractivity contribution < 1.29 is 19.0 Å². The van der Waals surface area contributed by atoms with Crippen LogP contribution in [0.2, 0.25) is 0 Å². The van der Waals surface area contributed by atoms with Crippen LogP contribution in [0, 0.1) is 0 Å². The number of aromatic nitrogens is 2. The number of methoxy groups -OCH3 is 1. The highest BCUT2D eigenvalue weighted by atomic mass is 32.1. The van der Waals surface area contributed by atoms with E-state index in [1.807, 2.05) is 36.4 Å². The van der Waals surface area contributed by atoms with Gasteiger partial charge in [0.25, 0.3) is 0 Å². The van der Waals surface area contributed by atoms with Gasteiger partial charge < -0.3 is 24.4 Å². The fraction of sp³-hybridized carbons (Fsp3) is 0.303. The summed E-state index contributed by atoms with van der Waals surface area (Å²) in [5.41, 5.74) is 2.90. The number of rotatable bonds is 11. The average Bonchev–Trinajstić information content (AvgIpc) is 3.48. The van der Waals surface area contributed by atoms with Crippen molar-refractivity contribution in [2.45, 2.75) is 13.3 Å². The first-order chi connectivity index (χ1) is 21.1. The van der Waals surface area contributed by atoms with E-state index in [9.17, 15) is 4.79 Å². The number of benzene rings is 3. The second-order valence-electron chi connectivity index (χ2n) is 10.3. The van der Waals surface area contributed by atoms with Crippen molar-refractivity contribution in [3.8, 4) is 11.5 Å². The zero-order valence-electron chi connectivity index (χ0n) is 24.4. The van der Waals surface area contributed by atoms with Gasteiger partial charge in [0, 0.05) is 60.3 Å². The molecule has 2 aromatic heterocycles. The standard InChI is InChI=1S/C33H35N5O4S/c1-3-41-33(39)31-19-23-18-24(10-11-30(23)43-31)36-32-26-20-28(40-2)29(21-27(26)34-22-35-32)42-17-7-12-37-13-15-38(16-14-37)25-8-5-4-6-9-25/h4-6,8-11,18-22H,3,7,12-17H2,1-2H3,(H,34,35,36). The molecule has 3 aromatic carbocycles. The van der Waals surface area contributed by atoms with Crippen molar-refractivity contribution in [2.24, 2.45) is 0 Å². The number of ether oxygens (including phenoxy) is 3. The van der Waals surface area contributed by atoms with Crippen LogP contribution in [0.4, 0.5) is 17.2 Å². The topological polar surface area (TPSA) is 89.0 Å². The molecule has 43 heavy (non-hydrogen) atoms. The quantitative estimate of drug-likeness (QED) is 0.138. The van der Waals surface area contributed by atoms with Gasteiger partial charge in [-0.15, -0.1) is 11.3 Å². The first-order valence-electron chi connectivity index (χ1n) is 14.6. The molecule has 1 aliphatic heterocycles. The lowest BCUT2D eigenvalue weighted by atomic mass is 10.2. The van der Waals surface area contributed by atoms with Crippen molar-refractivity contribution in [2.75, 3.05) is 63.3 Å². The third kappa shape index (κ3) is 6.65. The van der Waals surface area contributed by atoms with Crippen molar-refractivity contribution in [3.05, 3.63) is 77.9 Å². The Morgan fingerprint density at radius 1 is 0.977 bits per heavy atom. The maximum Gasteiger partial charge on any atom is 0.348 e. The minimum atomic E-state index is -0.299. The zero-order valence-corrected chi connectivity index (χ0v) is 25.2. The summed E-state index contributed by atoms with van der Waals surface area (Å²) in [6.45, 7) is 7.91. The van der Waals surface area contributed by atoms with Crippen LogP contribution in [-0.4, -0.2) is 73.9 Å². The van der Waals surface area contributed by atoms with Gasteiger partial charge in [-0.05, 0) is 61.2 Å². The highest BCUT2D eigenvalue weighted by Gasteiger charge is 2.18. The molecule has 1 fully saturated rings. The number of nitrogens with one attached hydrogen (secondary N) is 1. The Kier molecular flexibility index (Phi) is 8.85. The van der Waals surface area contributed by atoms with Gasteiger partial charge in [-0.25, -0.2) is 14.8 Å². The van der Waals surface area contributed by atoms with Crippen LogP contribution in [0.1, 0.15) is 23.0 Å². The molecule has 1 saturated heterocycles. The van der Waals surface area contributed by atoms with Crippen LogP contribution < -0.4 is 19.7 Å². The molecule has 6 rings (SSSR count). The van der Waals surface area contributed by atoms with E-state index in [1.54, 1.807) is 14.0 Å². The molecular weight excluding hydrogens is 562 g/mol. The van der Waals surface area contributed by atoms with Crippen LogP contribution in [-0.2, 0) is 4.74 Å². The second kappa shape index (κ2) is 13.3. The minimum absolute atomic E-state index is 0.299. The summed E-state index contributed by atoms with van der Waals surface area (Å²) in [7, 11) is 1.64. The predicted molar refractivity (Wildman–Crippen MR) is 172 cm³/mol. The number of para-hydroxylation sites is 1. The Morgan fingerprint density at radius 3 is 2.60 bits per heavy atom. The lowest BCUT2D eigenvalue weighted by molar-refractivity contribution is 0.0532. The molecule has 0 spiro atoms. The van der Waals surface area contributed by atoms with E-state index in [1.165, 1.54) is 23.4 Å². The average molecular weight is 598 g/mol. The molecular formula is C33H35N5O4S. The number of carbonyl (C=O) groups excluding carboxylic acids is 1. The van der Waals surface area contributed by atoms with Crippen LogP contribution in [0.5, 0.6) is 11.5 Å². The van der Waals surface area contributed by atoms with E-state index >= 15 is 0 Å². The molecule has 0 atom stereocenters. The Labute approximate surface area is 255 Å². The van der Waals surface area contributed by atoms with Gasteiger partial charge in [0.1, 0.15) is 17.0 Å². The minimum Gasteiger partial charge on any atom is -0.493 e. The third-order valence-electron chi connectivity index (χ3n) is 7.55. The van der Waals surface area contributed by atoms with E-state index < -0.39 is 0 Å². The summed E-state index contributed by atoms with van der Waals surface area (Å²) in [4.78, 5) is 26.7. The van der Waals surface area contributed by atoms with Gasteiger partial charge in [0.2, 0.25) is 0 Å². The molecule has 0 saturated carbocycles. The highest BCUT2D eigenvalue weighted by molar-refractivity contribution is 7.20. The number of hydrogen-bond donors (Lipinski definition) is 1. The normalized spacial score (nSPS) is 13.8. The molecule has 1 aliphatic rings. The number of thiophene rings is 1. The first-order valence-corrected chi connectivity index (χ1v) is 15.4. The third-order valence-corrected chi connectivity index (χ3v) is 8.64. The molecule has 10 heteroatoms. The van der Waals surface area contributed by atoms with Gasteiger partial charge in [0.15, 0.2) is 11.5 Å². The molecule has 9 nitrogen and oxygen atoms in total. The summed E-state index contributed by atoms with van der Waals surface area (Å²) < 4.78 is 18.0. The van der Waals surface area contributed by atoms with Crippen molar-refractivity contribution in [3.63, 3.8) is 0 Å². The van der Waals surface area contributed by atoms with E-state index in [-0.39, 0.29) is 5.97 Å². The van der Waals surface area contributed by atoms with Crippen molar-refractivity contribution in [1.82, 2.24) is 14.9 Å². The Bertz CT molecular complexity index is 1700. The number of piperazine rings is 1. The Balaban J connectivity index is 1.08. The van der Waals surface area contributed by atoms with Crippen LogP contribution in [0.3, 0.4) is 0 Å². The molecule has 0 radical (unpaired) electrons. The van der Waals surface area contributed by atoms with Gasteiger partial charge in [-0.3, -0.25) is 4.90 Å². The lowest BCUT2D eigenvalue weighted by Crippen LogP contribution is -2.46. The second-order valence-corrected chi connectivity index (χ2v) is 11.4. The summed E-state index contributed by atoms with van der Waals surface area (Å²) in [5.74, 6) is 1.66. The molecule has 0 amide bonds. The van der Waals surface area contributed by atoms with E-state index in [0.29, 0.717) is 35.4 Å². The van der Waals surface area contributed by atoms with Gasteiger partial charge in [-0.2, -0.15) is 0 Å². The molecule has 0 unspecified atom stereocenters. The van der Waals surface area contributed by atoms with Crippen molar-refractivity contribution in [1.29, 1.82) is 0 Å². The van der Waals surface area contributed by atoms with Gasteiger partial charge >= 0.3 is 5.97 Å². The largest absolute Gasteiger partial charge is 0.493 e. The van der Waals surface area contributed by atoms with Crippen LogP contribution >= 0.6 is 11.3 Å². The highest BCUT2D eigenvalue weighted by Crippen LogP contribution is 2.36. The molecule has 5 aromatic rings. The number of carbonyl (C=O) groups is 1. The van der Waals surface area contributed by atoms with E-state index in [2.05, 4.69) is 55.4 Å². The van der Waals surface area contributed by atoms with Gasteiger partial charge in [-0.1, -0.05) is 18.2 Å². The number of hydrogen-bond acceptors (Lipinski definition) is 10. The molecule has 222 valence electrons. The molecule has 3 heterocycles. The fourth-order valence-corrected chi connectivity index (χ4v) is 6.27. The Hall–Kier alpha value is -4.41. The van der Waals surface area contributed by atoms with Crippen LogP contribution in [0.15, 0.2) is 73.1 Å². The summed E-state index contributed by atoms with van der Waals surface area (Å²) >= 11 is 1.42. The number of anilines is 3. The number of esters is 1. The summed E-state index contributed by atoms with van der Waals surface area (Å²) in [6.07, 6.45) is 2.46. The number of nitrogens with zero attached hydrogens (tertiary/aromatic N) is 4. The van der Waals surface area contributed by atoms with Gasteiger partial charge in [0.05, 0.1) is 25.8 Å². The molecule has 0 bridgehead atoms. The molecule has 0 aliphatic carbocycles. The summed E-state index contributed by atoms with van der Waals surface area (Å²) in [6, 6.07) is 22.3. The van der Waals surface area contributed by atoms with E-state index in [0.717, 1.165) is 65.8 Å². The van der Waals surface area contributed by atoms with Crippen molar-refractivity contribution >= 4 is 55.5 Å². The zero-order chi connectivity index (χ0) is 29.6. The van der Waals surface area contributed by atoms with Crippen LogP contribution in [0.25, 0.3) is 21.0 Å². The SMILES string of the molecule is CCOC(=O)c1cc2cc(Nc3ncnc4cc(OCCCN5CCN(c6ccccc6)CC5)c(OC)cc34)ccc2s1. The fourth-order valence-electron chi connectivity index (χ4n) is 5.34. The Morgan fingerprint density at radius 2 is 1.81 bits per heavy atom. The maximum atomic E-state index is 12.2. The lowest BCUT2D eigenvalue weighted by Gasteiger charge is -2.36. The smallest absolute Gasteiger partial charge is 0.348 e.